The van der Waals surface area contributed by atoms with Crippen LogP contribution in [-0.2, 0) is 28.6 Å². The highest BCUT2D eigenvalue weighted by Gasteiger charge is 2.49. The molecule has 5 unspecified atom stereocenters. The van der Waals surface area contributed by atoms with Gasteiger partial charge in [0.2, 0.25) is 0 Å². The Bertz CT molecular complexity index is 802. The van der Waals surface area contributed by atoms with Crippen molar-refractivity contribution in [3.8, 4) is 0 Å². The summed E-state index contributed by atoms with van der Waals surface area (Å²) in [6.07, 6.45) is 1.53. The van der Waals surface area contributed by atoms with Gasteiger partial charge in [-0.05, 0) is 45.8 Å². The van der Waals surface area contributed by atoms with E-state index in [-0.39, 0.29) is 5.57 Å². The fraction of sp³-hybridized carbons (Fsp3) is 0.500. The van der Waals surface area contributed by atoms with Gasteiger partial charge in [-0.1, -0.05) is 24.3 Å². The van der Waals surface area contributed by atoms with Crippen molar-refractivity contribution in [1.82, 2.24) is 0 Å². The van der Waals surface area contributed by atoms with Gasteiger partial charge in [-0.15, -0.1) is 0 Å². The van der Waals surface area contributed by atoms with Crippen LogP contribution in [0.4, 0.5) is 0 Å². The molecule has 7 heteroatoms. The van der Waals surface area contributed by atoms with Gasteiger partial charge in [-0.3, -0.25) is 4.79 Å². The van der Waals surface area contributed by atoms with Crippen molar-refractivity contribution < 1.29 is 33.7 Å². The number of hydrogen-bond donors (Lipinski definition) is 1. The molecule has 0 spiro atoms. The van der Waals surface area contributed by atoms with Crippen LogP contribution in [0.1, 0.15) is 41.0 Å². The lowest BCUT2D eigenvalue weighted by molar-refractivity contribution is -0.165. The number of esters is 3. The molecule has 1 heterocycles. The summed E-state index contributed by atoms with van der Waals surface area (Å²) in [4.78, 5) is 36.6. The molecular weight excluding hydrogens is 376 g/mol. The number of rotatable bonds is 3. The van der Waals surface area contributed by atoms with Gasteiger partial charge in [0.15, 0.2) is 12.2 Å². The molecule has 2 aliphatic rings. The molecule has 5 atom stereocenters. The van der Waals surface area contributed by atoms with Gasteiger partial charge in [-0.25, -0.2) is 9.59 Å². The molecular formula is C22H28O7. The van der Waals surface area contributed by atoms with Gasteiger partial charge < -0.3 is 19.3 Å². The standard InChI is InChI=1S/C22H28O7/c1-7-12(3)21(25)29-20-18-14(5)22(26)28-17(18)9-11(2)8-16(24)10-13(4)19(20)27-15(6)23/h7,9-10,16-20,24H,5,8H2,1-4,6H3. The smallest absolute Gasteiger partial charge is 0.334 e. The van der Waals surface area contributed by atoms with Gasteiger partial charge >= 0.3 is 17.9 Å². The van der Waals surface area contributed by atoms with Crippen LogP contribution in [0.2, 0.25) is 0 Å². The minimum Gasteiger partial charge on any atom is -0.454 e. The summed E-state index contributed by atoms with van der Waals surface area (Å²) >= 11 is 0. The first kappa shape index (κ1) is 22.6. The molecule has 158 valence electrons. The Kier molecular flexibility index (Phi) is 7.19. The van der Waals surface area contributed by atoms with E-state index in [9.17, 15) is 19.5 Å². The maximum absolute atomic E-state index is 12.6. The first-order valence-corrected chi connectivity index (χ1v) is 9.49. The van der Waals surface area contributed by atoms with Crippen molar-refractivity contribution in [2.75, 3.05) is 0 Å². The lowest BCUT2D eigenvalue weighted by atomic mass is 9.83. The fourth-order valence-electron chi connectivity index (χ4n) is 3.52. The third kappa shape index (κ3) is 5.23. The number of ether oxygens (including phenoxy) is 3. The molecule has 1 saturated heterocycles. The molecule has 29 heavy (non-hydrogen) atoms. The zero-order valence-electron chi connectivity index (χ0n) is 17.4. The largest absolute Gasteiger partial charge is 0.454 e. The number of fused-ring (bicyclic) bond motifs is 1. The molecule has 0 aromatic heterocycles. The highest BCUT2D eigenvalue weighted by Crippen LogP contribution is 2.37. The van der Waals surface area contributed by atoms with Crippen molar-refractivity contribution in [2.45, 2.75) is 65.5 Å². The molecule has 1 N–H and O–H groups in total. The molecule has 0 aromatic carbocycles. The lowest BCUT2D eigenvalue weighted by Gasteiger charge is -2.33. The zero-order chi connectivity index (χ0) is 21.9. The van der Waals surface area contributed by atoms with Crippen LogP contribution in [0.15, 0.2) is 47.1 Å². The third-order valence-electron chi connectivity index (χ3n) is 5.09. The fourth-order valence-corrected chi connectivity index (χ4v) is 3.52. The second kappa shape index (κ2) is 9.22. The average molecular weight is 404 g/mol. The first-order valence-electron chi connectivity index (χ1n) is 9.49. The van der Waals surface area contributed by atoms with E-state index < -0.39 is 48.2 Å². The Morgan fingerprint density at radius 2 is 1.90 bits per heavy atom. The van der Waals surface area contributed by atoms with Crippen LogP contribution in [-0.4, -0.2) is 47.4 Å². The highest BCUT2D eigenvalue weighted by atomic mass is 16.6. The van der Waals surface area contributed by atoms with Crippen LogP contribution in [0.3, 0.4) is 0 Å². The molecule has 0 amide bonds. The minimum absolute atomic E-state index is 0.140. The van der Waals surface area contributed by atoms with E-state index in [1.54, 1.807) is 39.0 Å². The van der Waals surface area contributed by atoms with Crippen molar-refractivity contribution in [3.63, 3.8) is 0 Å². The van der Waals surface area contributed by atoms with Crippen molar-refractivity contribution >= 4 is 17.9 Å². The van der Waals surface area contributed by atoms with E-state index >= 15 is 0 Å². The summed E-state index contributed by atoms with van der Waals surface area (Å²) in [5.74, 6) is -2.53. The van der Waals surface area contributed by atoms with E-state index in [0.29, 0.717) is 17.6 Å². The second-order valence-electron chi connectivity index (χ2n) is 7.49. The summed E-state index contributed by atoms with van der Waals surface area (Å²) in [6.45, 7) is 11.9. The van der Waals surface area contributed by atoms with Crippen LogP contribution < -0.4 is 0 Å². The van der Waals surface area contributed by atoms with Crippen LogP contribution in [0.5, 0.6) is 0 Å². The summed E-state index contributed by atoms with van der Waals surface area (Å²) in [7, 11) is 0. The van der Waals surface area contributed by atoms with Crippen molar-refractivity contribution in [1.29, 1.82) is 0 Å². The van der Waals surface area contributed by atoms with Gasteiger partial charge in [0, 0.05) is 18.1 Å². The maximum Gasteiger partial charge on any atom is 0.334 e. The molecule has 1 fully saturated rings. The Hall–Kier alpha value is -2.67. The molecule has 0 saturated carbocycles. The predicted octanol–water partition coefficient (Wildman–Crippen LogP) is 2.55. The highest BCUT2D eigenvalue weighted by molar-refractivity contribution is 5.92. The van der Waals surface area contributed by atoms with Crippen LogP contribution in [0, 0.1) is 5.92 Å². The SMILES string of the molecule is C=C1C(=O)OC2C=C(C)CC(O)C=C(C)C(OC(C)=O)C(OC(=O)C(C)=CC)C12. The Morgan fingerprint density at radius 1 is 1.24 bits per heavy atom. The molecule has 1 aliphatic carbocycles. The molecule has 1 aliphatic heterocycles. The number of aliphatic hydroxyl groups excluding tert-OH is 1. The van der Waals surface area contributed by atoms with Crippen molar-refractivity contribution in [2.24, 2.45) is 5.92 Å². The van der Waals surface area contributed by atoms with E-state index in [2.05, 4.69) is 6.58 Å². The third-order valence-corrected chi connectivity index (χ3v) is 5.09. The van der Waals surface area contributed by atoms with E-state index in [0.717, 1.165) is 5.57 Å². The van der Waals surface area contributed by atoms with Gasteiger partial charge in [0.05, 0.1) is 12.0 Å². The van der Waals surface area contributed by atoms with Gasteiger partial charge in [-0.2, -0.15) is 0 Å². The molecule has 0 radical (unpaired) electrons. The van der Waals surface area contributed by atoms with E-state index in [1.807, 2.05) is 6.92 Å². The Balaban J connectivity index is 2.63. The summed E-state index contributed by atoms with van der Waals surface area (Å²) in [6, 6.07) is 0. The average Bonchev–Trinajstić information content (AvgIpc) is 2.89. The topological polar surface area (TPSA) is 99.1 Å². The molecule has 0 aromatic rings. The maximum atomic E-state index is 12.6. The number of allylic oxidation sites excluding steroid dienone is 1. The number of carbonyl (C=O) groups excluding carboxylic acids is 3. The molecule has 7 nitrogen and oxygen atoms in total. The van der Waals surface area contributed by atoms with E-state index in [4.69, 9.17) is 14.2 Å². The van der Waals surface area contributed by atoms with Crippen molar-refractivity contribution in [3.05, 3.63) is 47.1 Å². The van der Waals surface area contributed by atoms with Gasteiger partial charge in [0.25, 0.3) is 0 Å². The predicted molar refractivity (Wildman–Crippen MR) is 106 cm³/mol. The lowest BCUT2D eigenvalue weighted by Crippen LogP contribution is -2.44. The van der Waals surface area contributed by atoms with Crippen LogP contribution in [0.25, 0.3) is 0 Å². The number of aliphatic hydroxyl groups is 1. The van der Waals surface area contributed by atoms with E-state index in [1.165, 1.54) is 6.92 Å². The minimum atomic E-state index is -1.06. The monoisotopic (exact) mass is 404 g/mol. The Morgan fingerprint density at radius 3 is 2.48 bits per heavy atom. The summed E-state index contributed by atoms with van der Waals surface area (Å²) in [5.41, 5.74) is 1.81. The Labute approximate surface area is 170 Å². The van der Waals surface area contributed by atoms with Gasteiger partial charge in [0.1, 0.15) is 6.10 Å². The number of hydrogen-bond acceptors (Lipinski definition) is 7. The molecule has 2 rings (SSSR count). The number of carbonyl (C=O) groups is 3. The first-order chi connectivity index (χ1) is 13.5. The summed E-state index contributed by atoms with van der Waals surface area (Å²) < 4.78 is 16.7. The normalized spacial score (nSPS) is 30.6. The van der Waals surface area contributed by atoms with Crippen LogP contribution >= 0.6 is 0 Å². The summed E-state index contributed by atoms with van der Waals surface area (Å²) in [5, 5.41) is 10.4. The quantitative estimate of drug-likeness (QED) is 0.334. The zero-order valence-corrected chi connectivity index (χ0v) is 17.4. The molecule has 0 bridgehead atoms. The second-order valence-corrected chi connectivity index (χ2v) is 7.49.